The van der Waals surface area contributed by atoms with Crippen LogP contribution in [0.15, 0.2) is 54.6 Å². The second-order valence-electron chi connectivity index (χ2n) is 7.68. The molecular formula is C23H23ClFN3O. The van der Waals surface area contributed by atoms with Gasteiger partial charge in [-0.15, -0.1) is 0 Å². The van der Waals surface area contributed by atoms with E-state index in [1.54, 1.807) is 19.1 Å². The highest BCUT2D eigenvalue weighted by Crippen LogP contribution is 2.40. The Morgan fingerprint density at radius 2 is 1.79 bits per heavy atom. The van der Waals surface area contributed by atoms with Gasteiger partial charge in [-0.2, -0.15) is 5.10 Å². The zero-order valence-electron chi connectivity index (χ0n) is 16.3. The van der Waals surface area contributed by atoms with E-state index in [0.29, 0.717) is 23.5 Å². The summed E-state index contributed by atoms with van der Waals surface area (Å²) in [6, 6.07) is 16.2. The normalized spacial score (nSPS) is 15.4. The van der Waals surface area contributed by atoms with Crippen molar-refractivity contribution in [3.05, 3.63) is 82.4 Å². The number of rotatable bonds is 5. The molecule has 6 heteroatoms. The molecule has 0 atom stereocenters. The predicted molar refractivity (Wildman–Crippen MR) is 112 cm³/mol. The van der Waals surface area contributed by atoms with E-state index in [1.807, 2.05) is 18.2 Å². The minimum absolute atomic E-state index is 0.0374. The van der Waals surface area contributed by atoms with Gasteiger partial charge in [0.1, 0.15) is 11.0 Å². The van der Waals surface area contributed by atoms with Crippen LogP contribution in [-0.4, -0.2) is 22.2 Å². The van der Waals surface area contributed by atoms with Crippen molar-refractivity contribution in [1.82, 2.24) is 15.1 Å². The zero-order valence-corrected chi connectivity index (χ0v) is 17.0. The minimum atomic E-state index is -0.338. The van der Waals surface area contributed by atoms with Crippen LogP contribution in [0.2, 0.25) is 5.15 Å². The van der Waals surface area contributed by atoms with Gasteiger partial charge in [0.15, 0.2) is 0 Å². The molecule has 0 aliphatic heterocycles. The monoisotopic (exact) mass is 411 g/mol. The molecule has 29 heavy (non-hydrogen) atoms. The van der Waals surface area contributed by atoms with Gasteiger partial charge in [-0.1, -0.05) is 54.8 Å². The lowest BCUT2D eigenvalue weighted by Gasteiger charge is -2.30. The lowest BCUT2D eigenvalue weighted by Crippen LogP contribution is -2.39. The topological polar surface area (TPSA) is 46.9 Å². The molecular weight excluding hydrogens is 389 g/mol. The summed E-state index contributed by atoms with van der Waals surface area (Å²) in [6.07, 6.45) is 4.43. The fourth-order valence-corrected chi connectivity index (χ4v) is 4.62. The largest absolute Gasteiger partial charge is 0.351 e. The lowest BCUT2D eigenvalue weighted by molar-refractivity contribution is 0.0942. The molecule has 2 aromatic carbocycles. The Kier molecular flexibility index (Phi) is 5.41. The molecule has 1 aliphatic rings. The number of aryl methyl sites for hydroxylation is 1. The maximum atomic E-state index is 13.2. The molecule has 1 fully saturated rings. The number of carbonyl (C=O) groups excluding carboxylic acids is 1. The highest BCUT2D eigenvalue weighted by atomic mass is 35.5. The second kappa shape index (κ2) is 7.99. The molecule has 1 aromatic heterocycles. The molecule has 150 valence electrons. The first-order valence-corrected chi connectivity index (χ1v) is 10.2. The van der Waals surface area contributed by atoms with E-state index in [-0.39, 0.29) is 22.3 Å². The van der Waals surface area contributed by atoms with Crippen LogP contribution in [0.1, 0.15) is 47.3 Å². The standard InChI is InChI=1S/C23H23ClFN3O/c1-16-20(21(24)28(27-16)19-11-9-18(25)10-12-19)22(29)26-15-23(13-5-6-14-23)17-7-3-2-4-8-17/h2-4,7-12H,5-6,13-15H2,1H3,(H,26,29). The van der Waals surface area contributed by atoms with Crippen molar-refractivity contribution in [3.8, 4) is 5.69 Å². The molecule has 1 heterocycles. The van der Waals surface area contributed by atoms with E-state index in [4.69, 9.17) is 11.6 Å². The summed E-state index contributed by atoms with van der Waals surface area (Å²) >= 11 is 6.49. The van der Waals surface area contributed by atoms with Crippen molar-refractivity contribution in [2.75, 3.05) is 6.54 Å². The SMILES string of the molecule is Cc1nn(-c2ccc(F)cc2)c(Cl)c1C(=O)NCC1(c2ccccc2)CCCC1. The van der Waals surface area contributed by atoms with Crippen molar-refractivity contribution >= 4 is 17.5 Å². The quantitative estimate of drug-likeness (QED) is 0.626. The van der Waals surface area contributed by atoms with Crippen LogP contribution in [0.3, 0.4) is 0 Å². The first-order chi connectivity index (χ1) is 14.0. The molecule has 1 N–H and O–H groups in total. The van der Waals surface area contributed by atoms with Gasteiger partial charge in [-0.05, 0) is 49.6 Å². The second-order valence-corrected chi connectivity index (χ2v) is 8.03. The van der Waals surface area contributed by atoms with Crippen molar-refractivity contribution in [2.45, 2.75) is 38.0 Å². The summed E-state index contributed by atoms with van der Waals surface area (Å²) in [6.45, 7) is 2.32. The molecule has 4 nitrogen and oxygen atoms in total. The summed E-state index contributed by atoms with van der Waals surface area (Å²) in [5.74, 6) is -0.572. The van der Waals surface area contributed by atoms with Crippen molar-refractivity contribution in [3.63, 3.8) is 0 Å². The zero-order chi connectivity index (χ0) is 20.4. The smallest absolute Gasteiger partial charge is 0.256 e. The number of nitrogens with zero attached hydrogens (tertiary/aromatic N) is 2. The van der Waals surface area contributed by atoms with Gasteiger partial charge in [-0.25, -0.2) is 9.07 Å². The number of hydrogen-bond acceptors (Lipinski definition) is 2. The molecule has 3 aromatic rings. The third-order valence-electron chi connectivity index (χ3n) is 5.84. The Balaban J connectivity index is 1.57. The molecule has 0 bridgehead atoms. The van der Waals surface area contributed by atoms with Gasteiger partial charge in [-0.3, -0.25) is 4.79 Å². The number of nitrogens with one attached hydrogen (secondary N) is 1. The van der Waals surface area contributed by atoms with E-state index in [1.165, 1.54) is 22.4 Å². The Labute approximate surface area is 174 Å². The summed E-state index contributed by atoms with van der Waals surface area (Å²) in [7, 11) is 0. The Morgan fingerprint density at radius 3 is 2.45 bits per heavy atom. The van der Waals surface area contributed by atoms with E-state index < -0.39 is 0 Å². The van der Waals surface area contributed by atoms with Crippen LogP contribution in [0, 0.1) is 12.7 Å². The van der Waals surface area contributed by atoms with E-state index in [9.17, 15) is 9.18 Å². The molecule has 0 saturated heterocycles. The average Bonchev–Trinajstić information content (AvgIpc) is 3.33. The minimum Gasteiger partial charge on any atom is -0.351 e. The molecule has 4 rings (SSSR count). The summed E-state index contributed by atoms with van der Waals surface area (Å²) in [5, 5.41) is 7.72. The van der Waals surface area contributed by atoms with Crippen molar-refractivity contribution in [1.29, 1.82) is 0 Å². The van der Waals surface area contributed by atoms with Crippen LogP contribution < -0.4 is 5.32 Å². The molecule has 1 aliphatic carbocycles. The fraction of sp³-hybridized carbons (Fsp3) is 0.304. The Morgan fingerprint density at radius 1 is 1.14 bits per heavy atom. The van der Waals surface area contributed by atoms with Crippen molar-refractivity contribution in [2.24, 2.45) is 0 Å². The van der Waals surface area contributed by atoms with E-state index >= 15 is 0 Å². The Bertz CT molecular complexity index is 1010. The van der Waals surface area contributed by atoms with Gasteiger partial charge in [0.2, 0.25) is 0 Å². The first kappa shape index (κ1) is 19.6. The van der Waals surface area contributed by atoms with Crippen LogP contribution in [-0.2, 0) is 5.41 Å². The van der Waals surface area contributed by atoms with Gasteiger partial charge in [0.05, 0.1) is 16.9 Å². The highest BCUT2D eigenvalue weighted by molar-refractivity contribution is 6.33. The van der Waals surface area contributed by atoms with Gasteiger partial charge >= 0.3 is 0 Å². The fourth-order valence-electron chi connectivity index (χ4n) is 4.26. The average molecular weight is 412 g/mol. The van der Waals surface area contributed by atoms with Gasteiger partial charge < -0.3 is 5.32 Å². The number of carbonyl (C=O) groups is 1. The van der Waals surface area contributed by atoms with Gasteiger partial charge in [0, 0.05) is 12.0 Å². The van der Waals surface area contributed by atoms with E-state index in [0.717, 1.165) is 25.7 Å². The molecule has 1 saturated carbocycles. The maximum absolute atomic E-state index is 13.2. The first-order valence-electron chi connectivity index (χ1n) is 9.85. The number of amides is 1. The van der Waals surface area contributed by atoms with Crippen molar-refractivity contribution < 1.29 is 9.18 Å². The summed E-state index contributed by atoms with van der Waals surface area (Å²) < 4.78 is 14.7. The van der Waals surface area contributed by atoms with E-state index in [2.05, 4.69) is 22.5 Å². The Hall–Kier alpha value is -2.66. The molecule has 0 unspecified atom stereocenters. The van der Waals surface area contributed by atoms with Crippen LogP contribution in [0.4, 0.5) is 4.39 Å². The molecule has 1 amide bonds. The number of hydrogen-bond donors (Lipinski definition) is 1. The predicted octanol–water partition coefficient (Wildman–Crippen LogP) is 5.22. The third kappa shape index (κ3) is 3.79. The molecule has 0 spiro atoms. The van der Waals surface area contributed by atoms with Crippen LogP contribution >= 0.6 is 11.6 Å². The third-order valence-corrected chi connectivity index (χ3v) is 6.19. The lowest BCUT2D eigenvalue weighted by atomic mass is 9.79. The molecule has 0 radical (unpaired) electrons. The van der Waals surface area contributed by atoms with Crippen LogP contribution in [0.5, 0.6) is 0 Å². The number of aromatic nitrogens is 2. The van der Waals surface area contributed by atoms with Crippen LogP contribution in [0.25, 0.3) is 5.69 Å². The summed E-state index contributed by atoms with van der Waals surface area (Å²) in [4.78, 5) is 13.0. The van der Waals surface area contributed by atoms with Gasteiger partial charge in [0.25, 0.3) is 5.91 Å². The number of halogens is 2. The number of benzene rings is 2. The highest BCUT2D eigenvalue weighted by Gasteiger charge is 2.36. The summed E-state index contributed by atoms with van der Waals surface area (Å²) in [5.41, 5.74) is 2.73. The maximum Gasteiger partial charge on any atom is 0.256 e.